The molecule has 2 nitrogen and oxygen atoms in total. The van der Waals surface area contributed by atoms with Crippen molar-refractivity contribution in [1.29, 1.82) is 0 Å². The molecule has 1 unspecified atom stereocenters. The number of ketones is 1. The molecule has 1 atom stereocenters. The molecule has 2 heteroatoms. The minimum Gasteiger partial charge on any atom is -0.300 e. The van der Waals surface area contributed by atoms with E-state index in [2.05, 4.69) is 24.8 Å². The average molecular weight is 273 g/mol. The van der Waals surface area contributed by atoms with E-state index in [4.69, 9.17) is 0 Å². The quantitative estimate of drug-likeness (QED) is 0.733. The van der Waals surface area contributed by atoms with Crippen molar-refractivity contribution in [2.45, 2.75) is 58.9 Å². The number of carbonyl (C=O) groups excluding carboxylic acids is 1. The van der Waals surface area contributed by atoms with Gasteiger partial charge in [0.1, 0.15) is 0 Å². The summed E-state index contributed by atoms with van der Waals surface area (Å²) in [6.07, 6.45) is 5.79. The smallest absolute Gasteiger partial charge is 0.160 e. The van der Waals surface area contributed by atoms with Crippen molar-refractivity contribution in [3.05, 3.63) is 34.9 Å². The minimum atomic E-state index is 0.208. The molecule has 0 heterocycles. The van der Waals surface area contributed by atoms with Crippen LogP contribution in [0.5, 0.6) is 0 Å². The Morgan fingerprint density at radius 3 is 2.55 bits per heavy atom. The molecular weight excluding hydrogens is 246 g/mol. The lowest BCUT2D eigenvalue weighted by atomic mass is 9.84. The van der Waals surface area contributed by atoms with Gasteiger partial charge in [0.25, 0.3) is 0 Å². The molecule has 0 saturated carbocycles. The third kappa shape index (κ3) is 3.29. The van der Waals surface area contributed by atoms with E-state index in [0.29, 0.717) is 6.04 Å². The summed E-state index contributed by atoms with van der Waals surface area (Å²) in [5, 5.41) is 0. The molecule has 2 rings (SSSR count). The summed E-state index contributed by atoms with van der Waals surface area (Å²) in [5.41, 5.74) is 3.65. The maximum absolute atomic E-state index is 11.7. The highest BCUT2D eigenvalue weighted by atomic mass is 16.1. The second-order valence-electron chi connectivity index (χ2n) is 5.93. The van der Waals surface area contributed by atoms with Gasteiger partial charge in [-0.05, 0) is 63.2 Å². The van der Waals surface area contributed by atoms with Crippen LogP contribution in [0.3, 0.4) is 0 Å². The molecule has 0 spiro atoms. The van der Waals surface area contributed by atoms with Gasteiger partial charge >= 0.3 is 0 Å². The Balaban J connectivity index is 2.18. The third-order valence-corrected chi connectivity index (χ3v) is 4.37. The molecule has 1 aromatic rings. The number of hydrogen-bond donors (Lipinski definition) is 0. The van der Waals surface area contributed by atoms with Crippen LogP contribution >= 0.6 is 0 Å². The topological polar surface area (TPSA) is 20.3 Å². The summed E-state index contributed by atoms with van der Waals surface area (Å²) in [6, 6.07) is 6.90. The second kappa shape index (κ2) is 7.03. The molecule has 0 fully saturated rings. The number of carbonyl (C=O) groups is 1. The van der Waals surface area contributed by atoms with Gasteiger partial charge in [0.05, 0.1) is 0 Å². The van der Waals surface area contributed by atoms with Crippen molar-refractivity contribution in [2.75, 3.05) is 13.1 Å². The first-order valence-electron chi connectivity index (χ1n) is 8.03. The molecule has 0 aromatic heterocycles. The van der Waals surface area contributed by atoms with Crippen LogP contribution in [-0.4, -0.2) is 29.8 Å². The Morgan fingerprint density at radius 2 is 1.95 bits per heavy atom. The molecule has 1 aromatic carbocycles. The lowest BCUT2D eigenvalue weighted by Crippen LogP contribution is -2.40. The number of hydrogen-bond acceptors (Lipinski definition) is 2. The molecule has 0 aliphatic heterocycles. The van der Waals surface area contributed by atoms with Gasteiger partial charge in [-0.3, -0.25) is 4.79 Å². The lowest BCUT2D eigenvalue weighted by Gasteiger charge is -2.35. The Hall–Kier alpha value is -1.15. The normalized spacial score (nSPS) is 18.1. The predicted octanol–water partition coefficient (Wildman–Crippen LogP) is 3.87. The molecule has 0 radical (unpaired) electrons. The van der Waals surface area contributed by atoms with E-state index >= 15 is 0 Å². The molecule has 0 N–H and O–H groups in total. The summed E-state index contributed by atoms with van der Waals surface area (Å²) in [4.78, 5) is 14.4. The fourth-order valence-corrected chi connectivity index (χ4v) is 3.48. The molecule has 0 saturated heterocycles. The first-order valence-corrected chi connectivity index (χ1v) is 8.03. The second-order valence-corrected chi connectivity index (χ2v) is 5.93. The Labute approximate surface area is 123 Å². The molecular formula is C18H27NO. The van der Waals surface area contributed by atoms with Crippen molar-refractivity contribution in [3.63, 3.8) is 0 Å². The number of fused-ring (bicyclic) bond motifs is 1. The summed E-state index contributed by atoms with van der Waals surface area (Å²) < 4.78 is 0. The Kier molecular flexibility index (Phi) is 5.36. The number of Topliss-reactive ketones (excluding diaryl/α,β-unsaturated/α-hetero) is 1. The van der Waals surface area contributed by atoms with Crippen LogP contribution in [0.1, 0.15) is 61.5 Å². The van der Waals surface area contributed by atoms with Crippen LogP contribution in [0.2, 0.25) is 0 Å². The Morgan fingerprint density at radius 1 is 1.25 bits per heavy atom. The zero-order chi connectivity index (χ0) is 14.5. The molecule has 110 valence electrons. The van der Waals surface area contributed by atoms with E-state index in [0.717, 1.165) is 18.4 Å². The van der Waals surface area contributed by atoms with Gasteiger partial charge in [-0.1, -0.05) is 32.0 Å². The van der Waals surface area contributed by atoms with E-state index in [1.54, 1.807) is 6.92 Å². The van der Waals surface area contributed by atoms with Gasteiger partial charge < -0.3 is 4.90 Å². The van der Waals surface area contributed by atoms with Gasteiger partial charge in [0, 0.05) is 11.6 Å². The zero-order valence-corrected chi connectivity index (χ0v) is 13.1. The standard InChI is InChI=1S/C18H27NO/c1-4-11-19(12-5-2)16-9-10-18-15(13-16)7-6-8-17(18)14(3)20/h6-8,16H,4-5,9-13H2,1-3H3. The Bertz CT molecular complexity index is 460. The number of nitrogens with zero attached hydrogens (tertiary/aromatic N) is 1. The fraction of sp³-hybridized carbons (Fsp3) is 0.611. The largest absolute Gasteiger partial charge is 0.300 e. The molecule has 0 bridgehead atoms. The average Bonchev–Trinajstić information content (AvgIpc) is 2.45. The summed E-state index contributed by atoms with van der Waals surface area (Å²) >= 11 is 0. The van der Waals surface area contributed by atoms with E-state index in [9.17, 15) is 4.79 Å². The summed E-state index contributed by atoms with van der Waals surface area (Å²) in [7, 11) is 0. The van der Waals surface area contributed by atoms with Crippen LogP contribution < -0.4 is 0 Å². The van der Waals surface area contributed by atoms with Gasteiger partial charge in [-0.25, -0.2) is 0 Å². The van der Waals surface area contributed by atoms with Crippen LogP contribution in [0.4, 0.5) is 0 Å². The molecule has 20 heavy (non-hydrogen) atoms. The zero-order valence-electron chi connectivity index (χ0n) is 13.1. The number of benzene rings is 1. The van der Waals surface area contributed by atoms with Crippen molar-refractivity contribution in [2.24, 2.45) is 0 Å². The van der Waals surface area contributed by atoms with Gasteiger partial charge in [0.2, 0.25) is 0 Å². The first kappa shape index (κ1) is 15.2. The van der Waals surface area contributed by atoms with Gasteiger partial charge in [-0.15, -0.1) is 0 Å². The van der Waals surface area contributed by atoms with Gasteiger partial charge in [-0.2, -0.15) is 0 Å². The lowest BCUT2D eigenvalue weighted by molar-refractivity contribution is 0.101. The fourth-order valence-electron chi connectivity index (χ4n) is 3.48. The molecule has 1 aliphatic rings. The van der Waals surface area contributed by atoms with E-state index in [1.807, 2.05) is 12.1 Å². The van der Waals surface area contributed by atoms with E-state index in [1.165, 1.54) is 43.5 Å². The first-order chi connectivity index (χ1) is 9.67. The highest BCUT2D eigenvalue weighted by Crippen LogP contribution is 2.27. The SMILES string of the molecule is CCCN(CCC)C1CCc2c(cccc2C(C)=O)C1. The van der Waals surface area contributed by atoms with E-state index in [-0.39, 0.29) is 5.78 Å². The highest BCUT2D eigenvalue weighted by Gasteiger charge is 2.25. The van der Waals surface area contributed by atoms with Gasteiger partial charge in [0.15, 0.2) is 5.78 Å². The van der Waals surface area contributed by atoms with Crippen molar-refractivity contribution in [3.8, 4) is 0 Å². The highest BCUT2D eigenvalue weighted by molar-refractivity contribution is 5.95. The van der Waals surface area contributed by atoms with Crippen LogP contribution in [0.15, 0.2) is 18.2 Å². The summed E-state index contributed by atoms with van der Waals surface area (Å²) in [5.74, 6) is 0.208. The van der Waals surface area contributed by atoms with Crippen molar-refractivity contribution < 1.29 is 4.79 Å². The van der Waals surface area contributed by atoms with Crippen molar-refractivity contribution in [1.82, 2.24) is 4.90 Å². The van der Waals surface area contributed by atoms with Crippen LogP contribution in [0, 0.1) is 0 Å². The summed E-state index contributed by atoms with van der Waals surface area (Å²) in [6.45, 7) is 8.59. The minimum absolute atomic E-state index is 0.208. The maximum Gasteiger partial charge on any atom is 0.160 e. The molecule has 0 amide bonds. The maximum atomic E-state index is 11.7. The molecule has 1 aliphatic carbocycles. The van der Waals surface area contributed by atoms with E-state index < -0.39 is 0 Å². The third-order valence-electron chi connectivity index (χ3n) is 4.37. The van der Waals surface area contributed by atoms with Crippen LogP contribution in [0.25, 0.3) is 0 Å². The monoisotopic (exact) mass is 273 g/mol. The predicted molar refractivity (Wildman–Crippen MR) is 84.4 cm³/mol. The number of rotatable bonds is 6. The van der Waals surface area contributed by atoms with Crippen molar-refractivity contribution >= 4 is 5.78 Å². The van der Waals surface area contributed by atoms with Crippen LogP contribution in [-0.2, 0) is 12.8 Å².